The molecule has 0 unspecified atom stereocenters. The van der Waals surface area contributed by atoms with E-state index in [1.807, 2.05) is 4.98 Å². The summed E-state index contributed by atoms with van der Waals surface area (Å²) in [6.07, 6.45) is -3.58. The summed E-state index contributed by atoms with van der Waals surface area (Å²) in [4.78, 5) is 24.3. The molecule has 9 heteroatoms. The summed E-state index contributed by atoms with van der Waals surface area (Å²) in [5, 5.41) is 28.1. The Balaban J connectivity index is 0.00000162. The first-order chi connectivity index (χ1) is 8.04. The number of aromatic nitrogens is 2. The maximum Gasteiger partial charge on any atom is 0.330 e. The SMILES string of the molecule is I.O=c1ccn([C@@H]2O[C@H](CO)[C@@H](O)[C@H]2O)c(=O)[nH]1. The van der Waals surface area contributed by atoms with Gasteiger partial charge in [0.2, 0.25) is 0 Å². The van der Waals surface area contributed by atoms with Gasteiger partial charge in [0.1, 0.15) is 18.3 Å². The number of nitrogens with zero attached hydrogens (tertiary/aromatic N) is 1. The van der Waals surface area contributed by atoms with Crippen LogP contribution >= 0.6 is 24.0 Å². The Morgan fingerprint density at radius 1 is 1.33 bits per heavy atom. The van der Waals surface area contributed by atoms with Crippen molar-refractivity contribution in [3.05, 3.63) is 33.1 Å². The molecule has 1 aromatic rings. The Bertz CT molecular complexity index is 514. The summed E-state index contributed by atoms with van der Waals surface area (Å²) in [7, 11) is 0. The van der Waals surface area contributed by atoms with Gasteiger partial charge in [0.15, 0.2) is 6.23 Å². The molecule has 2 heterocycles. The molecule has 1 fully saturated rings. The van der Waals surface area contributed by atoms with Crippen LogP contribution in [-0.2, 0) is 4.74 Å². The molecule has 4 atom stereocenters. The van der Waals surface area contributed by atoms with E-state index in [4.69, 9.17) is 9.84 Å². The molecule has 2 rings (SSSR count). The summed E-state index contributed by atoms with van der Waals surface area (Å²) >= 11 is 0. The fraction of sp³-hybridized carbons (Fsp3) is 0.556. The third-order valence-corrected chi connectivity index (χ3v) is 2.64. The molecule has 102 valence electrons. The fourth-order valence-corrected chi connectivity index (χ4v) is 1.74. The molecule has 0 amide bonds. The van der Waals surface area contributed by atoms with Gasteiger partial charge in [0.05, 0.1) is 6.61 Å². The van der Waals surface area contributed by atoms with Crippen LogP contribution < -0.4 is 11.2 Å². The van der Waals surface area contributed by atoms with Crippen LogP contribution in [0.15, 0.2) is 21.9 Å². The van der Waals surface area contributed by atoms with Gasteiger partial charge in [-0.25, -0.2) is 4.79 Å². The van der Waals surface area contributed by atoms with E-state index in [1.54, 1.807) is 0 Å². The van der Waals surface area contributed by atoms with E-state index in [2.05, 4.69) is 0 Å². The van der Waals surface area contributed by atoms with Crippen molar-refractivity contribution in [2.75, 3.05) is 6.61 Å². The van der Waals surface area contributed by atoms with Crippen molar-refractivity contribution in [2.45, 2.75) is 24.5 Å². The zero-order valence-corrected chi connectivity index (χ0v) is 11.4. The summed E-state index contributed by atoms with van der Waals surface area (Å²) in [6, 6.07) is 1.09. The van der Waals surface area contributed by atoms with Crippen LogP contribution in [0.25, 0.3) is 0 Å². The van der Waals surface area contributed by atoms with Gasteiger partial charge in [0.25, 0.3) is 5.56 Å². The number of ether oxygens (including phenoxy) is 1. The Kier molecular flexibility index (Phi) is 5.04. The van der Waals surface area contributed by atoms with E-state index in [-0.39, 0.29) is 24.0 Å². The molecular weight excluding hydrogens is 359 g/mol. The molecule has 1 aromatic heterocycles. The van der Waals surface area contributed by atoms with Crippen molar-refractivity contribution in [1.82, 2.24) is 9.55 Å². The first-order valence-corrected chi connectivity index (χ1v) is 4.98. The molecule has 0 spiro atoms. The van der Waals surface area contributed by atoms with Gasteiger partial charge < -0.3 is 20.1 Å². The molecule has 8 nitrogen and oxygen atoms in total. The molecule has 1 saturated heterocycles. The molecule has 1 aliphatic rings. The topological polar surface area (TPSA) is 125 Å². The summed E-state index contributed by atoms with van der Waals surface area (Å²) in [5.74, 6) is 0. The Morgan fingerprint density at radius 3 is 2.50 bits per heavy atom. The van der Waals surface area contributed by atoms with Crippen molar-refractivity contribution in [2.24, 2.45) is 0 Å². The van der Waals surface area contributed by atoms with Gasteiger partial charge in [0, 0.05) is 12.3 Å². The highest BCUT2D eigenvalue weighted by Crippen LogP contribution is 2.27. The van der Waals surface area contributed by atoms with E-state index in [0.717, 1.165) is 16.8 Å². The third-order valence-electron chi connectivity index (χ3n) is 2.64. The van der Waals surface area contributed by atoms with Crippen LogP contribution in [-0.4, -0.2) is 49.8 Å². The summed E-state index contributed by atoms with van der Waals surface area (Å²) < 4.78 is 6.08. The van der Waals surface area contributed by atoms with Crippen molar-refractivity contribution < 1.29 is 20.1 Å². The van der Waals surface area contributed by atoms with Gasteiger partial charge in [-0.15, -0.1) is 24.0 Å². The molecular formula is C9H13IN2O6. The fourth-order valence-electron chi connectivity index (χ4n) is 1.74. The Hall–Kier alpha value is -0.750. The van der Waals surface area contributed by atoms with Crippen LogP contribution in [0.2, 0.25) is 0 Å². The van der Waals surface area contributed by atoms with E-state index in [0.29, 0.717) is 0 Å². The predicted molar refractivity (Wildman–Crippen MR) is 69.7 cm³/mol. The van der Waals surface area contributed by atoms with Crippen LogP contribution in [0.1, 0.15) is 6.23 Å². The predicted octanol–water partition coefficient (Wildman–Crippen LogP) is -2.23. The zero-order chi connectivity index (χ0) is 12.6. The van der Waals surface area contributed by atoms with Crippen molar-refractivity contribution in [3.63, 3.8) is 0 Å². The highest BCUT2D eigenvalue weighted by atomic mass is 127. The van der Waals surface area contributed by atoms with E-state index in [1.165, 1.54) is 0 Å². The zero-order valence-electron chi connectivity index (χ0n) is 9.09. The van der Waals surface area contributed by atoms with E-state index in [9.17, 15) is 19.8 Å². The first-order valence-electron chi connectivity index (χ1n) is 4.98. The minimum absolute atomic E-state index is 0. The van der Waals surface area contributed by atoms with Crippen LogP contribution in [0, 0.1) is 0 Å². The van der Waals surface area contributed by atoms with Gasteiger partial charge in [-0.2, -0.15) is 0 Å². The molecule has 0 aliphatic carbocycles. The maximum absolute atomic E-state index is 11.4. The molecule has 18 heavy (non-hydrogen) atoms. The van der Waals surface area contributed by atoms with Gasteiger partial charge in [-0.3, -0.25) is 14.3 Å². The standard InChI is InChI=1S/C9H12N2O6.HI/c12-3-4-6(14)7(15)8(17-4)11-2-1-5(13)10-9(11)16;/h1-2,4,6-8,12,14-15H,3H2,(H,10,13,16);1H/t4-,6-,7-,8-;/m1./s1. The Morgan fingerprint density at radius 2 is 2.00 bits per heavy atom. The molecule has 0 saturated carbocycles. The number of H-pyrrole nitrogens is 1. The van der Waals surface area contributed by atoms with Crippen LogP contribution in [0.5, 0.6) is 0 Å². The first kappa shape index (κ1) is 15.3. The average Bonchev–Trinajstić information content (AvgIpc) is 2.57. The molecule has 1 aliphatic heterocycles. The van der Waals surface area contributed by atoms with Crippen molar-refractivity contribution in [1.29, 1.82) is 0 Å². The lowest BCUT2D eigenvalue weighted by Gasteiger charge is -2.16. The average molecular weight is 372 g/mol. The highest BCUT2D eigenvalue weighted by Gasteiger charge is 2.43. The van der Waals surface area contributed by atoms with Crippen LogP contribution in [0.3, 0.4) is 0 Å². The van der Waals surface area contributed by atoms with Gasteiger partial charge >= 0.3 is 5.69 Å². The minimum Gasteiger partial charge on any atom is -0.394 e. The lowest BCUT2D eigenvalue weighted by atomic mass is 10.1. The van der Waals surface area contributed by atoms with E-state index < -0.39 is 42.4 Å². The lowest BCUT2D eigenvalue weighted by Crippen LogP contribution is -2.37. The normalized spacial score (nSPS) is 31.1. The highest BCUT2D eigenvalue weighted by molar-refractivity contribution is 14.0. The van der Waals surface area contributed by atoms with E-state index >= 15 is 0 Å². The second-order valence-corrected chi connectivity index (χ2v) is 3.75. The van der Waals surface area contributed by atoms with Crippen molar-refractivity contribution in [3.8, 4) is 0 Å². The summed E-state index contributed by atoms with van der Waals surface area (Å²) in [5.41, 5.74) is -1.33. The second kappa shape index (κ2) is 5.93. The number of hydrogen-bond acceptors (Lipinski definition) is 6. The molecule has 0 aromatic carbocycles. The number of aliphatic hydroxyl groups is 3. The van der Waals surface area contributed by atoms with Crippen LogP contribution in [0.4, 0.5) is 0 Å². The number of nitrogens with one attached hydrogen (secondary N) is 1. The number of rotatable bonds is 2. The second-order valence-electron chi connectivity index (χ2n) is 3.75. The minimum atomic E-state index is -1.35. The van der Waals surface area contributed by atoms with Gasteiger partial charge in [-0.05, 0) is 0 Å². The van der Waals surface area contributed by atoms with Gasteiger partial charge in [-0.1, -0.05) is 0 Å². The Labute approximate surface area is 118 Å². The number of aliphatic hydroxyl groups excluding tert-OH is 3. The monoisotopic (exact) mass is 372 g/mol. The largest absolute Gasteiger partial charge is 0.394 e. The summed E-state index contributed by atoms with van der Waals surface area (Å²) in [6.45, 7) is -0.479. The number of aromatic amines is 1. The molecule has 4 N–H and O–H groups in total. The molecule has 0 bridgehead atoms. The quantitative estimate of drug-likeness (QED) is 0.436. The number of halogens is 1. The third kappa shape index (κ3) is 2.64. The molecule has 0 radical (unpaired) electrons. The maximum atomic E-state index is 11.4. The number of hydrogen-bond donors (Lipinski definition) is 4. The lowest BCUT2D eigenvalue weighted by molar-refractivity contribution is -0.0550. The smallest absolute Gasteiger partial charge is 0.330 e. The van der Waals surface area contributed by atoms with Crippen molar-refractivity contribution >= 4 is 24.0 Å².